The van der Waals surface area contributed by atoms with Crippen molar-refractivity contribution >= 4 is 5.91 Å². The Morgan fingerprint density at radius 1 is 1.45 bits per heavy atom. The van der Waals surface area contributed by atoms with Crippen molar-refractivity contribution in [2.45, 2.75) is 51.4 Å². The van der Waals surface area contributed by atoms with Crippen molar-refractivity contribution < 1.29 is 14.6 Å². The number of carbonyl (C=O) groups excluding carboxylic acids is 1. The Hall–Kier alpha value is -1.59. The molecule has 122 valence electrons. The van der Waals surface area contributed by atoms with Gasteiger partial charge >= 0.3 is 0 Å². The first-order valence-electron chi connectivity index (χ1n) is 8.02. The van der Waals surface area contributed by atoms with Gasteiger partial charge < -0.3 is 20.5 Å². The maximum Gasteiger partial charge on any atom is 0.237 e. The third-order valence-corrected chi connectivity index (χ3v) is 3.71. The predicted octanol–water partition coefficient (Wildman–Crippen LogP) is 1.77. The largest absolute Gasteiger partial charge is 0.491 e. The maximum atomic E-state index is 12.0. The van der Waals surface area contributed by atoms with Crippen LogP contribution in [0.1, 0.15) is 44.8 Å². The van der Waals surface area contributed by atoms with E-state index in [1.807, 2.05) is 38.1 Å². The van der Waals surface area contributed by atoms with Gasteiger partial charge in [0.25, 0.3) is 0 Å². The number of rotatable bonds is 6. The standard InChI is InChI=1S/C17H26N2O3/c1-12(2)22-14-7-5-6-13(10-14)16(20)11-19-17(21)15-8-3-4-9-18-15/h5-7,10,12,15-16,18,20H,3-4,8-9,11H2,1-2H3,(H,19,21)/t15-,16?/m1/s1. The number of aliphatic hydroxyl groups excluding tert-OH is 1. The molecule has 5 nitrogen and oxygen atoms in total. The number of carbonyl (C=O) groups is 1. The average molecular weight is 306 g/mol. The van der Waals surface area contributed by atoms with Crippen LogP contribution in [-0.4, -0.2) is 36.2 Å². The van der Waals surface area contributed by atoms with E-state index in [1.54, 1.807) is 0 Å². The highest BCUT2D eigenvalue weighted by Gasteiger charge is 2.21. The molecule has 5 heteroatoms. The highest BCUT2D eigenvalue weighted by atomic mass is 16.5. The highest BCUT2D eigenvalue weighted by molar-refractivity contribution is 5.81. The van der Waals surface area contributed by atoms with Gasteiger partial charge in [-0.05, 0) is 50.9 Å². The summed E-state index contributed by atoms with van der Waals surface area (Å²) >= 11 is 0. The molecule has 1 saturated heterocycles. The van der Waals surface area contributed by atoms with E-state index < -0.39 is 6.10 Å². The van der Waals surface area contributed by atoms with Crippen LogP contribution in [0.3, 0.4) is 0 Å². The summed E-state index contributed by atoms with van der Waals surface area (Å²) in [4.78, 5) is 12.0. The Kier molecular flexibility index (Phi) is 6.21. The van der Waals surface area contributed by atoms with E-state index in [4.69, 9.17) is 4.74 Å². The van der Waals surface area contributed by atoms with E-state index in [-0.39, 0.29) is 24.6 Å². The van der Waals surface area contributed by atoms with Crippen LogP contribution in [0.4, 0.5) is 0 Å². The summed E-state index contributed by atoms with van der Waals surface area (Å²) in [5, 5.41) is 16.3. The number of amides is 1. The highest BCUT2D eigenvalue weighted by Crippen LogP contribution is 2.20. The molecule has 0 radical (unpaired) electrons. The fourth-order valence-electron chi connectivity index (χ4n) is 2.58. The molecule has 0 aliphatic carbocycles. The second kappa shape index (κ2) is 8.15. The number of nitrogens with one attached hydrogen (secondary N) is 2. The van der Waals surface area contributed by atoms with Gasteiger partial charge in [0, 0.05) is 6.54 Å². The fraction of sp³-hybridized carbons (Fsp3) is 0.588. The van der Waals surface area contributed by atoms with Crippen LogP contribution < -0.4 is 15.4 Å². The molecule has 2 rings (SSSR count). The van der Waals surface area contributed by atoms with Crippen molar-refractivity contribution in [3.05, 3.63) is 29.8 Å². The minimum Gasteiger partial charge on any atom is -0.491 e. The molecule has 2 atom stereocenters. The molecule has 0 spiro atoms. The lowest BCUT2D eigenvalue weighted by Crippen LogP contribution is -2.47. The van der Waals surface area contributed by atoms with Crippen molar-refractivity contribution in [3.63, 3.8) is 0 Å². The summed E-state index contributed by atoms with van der Waals surface area (Å²) in [6.07, 6.45) is 2.41. The van der Waals surface area contributed by atoms with Gasteiger partial charge in [0.1, 0.15) is 5.75 Å². The molecule has 1 aromatic rings. The lowest BCUT2D eigenvalue weighted by molar-refractivity contribution is -0.124. The quantitative estimate of drug-likeness (QED) is 0.749. The second-order valence-corrected chi connectivity index (χ2v) is 6.00. The monoisotopic (exact) mass is 306 g/mol. The van der Waals surface area contributed by atoms with E-state index in [9.17, 15) is 9.90 Å². The van der Waals surface area contributed by atoms with E-state index in [0.29, 0.717) is 0 Å². The molecule has 1 aromatic carbocycles. The molecule has 1 fully saturated rings. The minimum atomic E-state index is -0.733. The number of aliphatic hydroxyl groups is 1. The summed E-state index contributed by atoms with van der Waals surface area (Å²) in [7, 11) is 0. The smallest absolute Gasteiger partial charge is 0.237 e. The minimum absolute atomic E-state index is 0.0339. The first kappa shape index (κ1) is 16.8. The van der Waals surface area contributed by atoms with Crippen molar-refractivity contribution in [2.75, 3.05) is 13.1 Å². The van der Waals surface area contributed by atoms with Crippen LogP contribution in [0.2, 0.25) is 0 Å². The number of hydrogen-bond acceptors (Lipinski definition) is 4. The van der Waals surface area contributed by atoms with Crippen LogP contribution in [0.5, 0.6) is 5.75 Å². The molecule has 22 heavy (non-hydrogen) atoms. The topological polar surface area (TPSA) is 70.6 Å². The first-order valence-corrected chi connectivity index (χ1v) is 8.02. The summed E-state index contributed by atoms with van der Waals surface area (Å²) in [5.74, 6) is 0.695. The van der Waals surface area contributed by atoms with Crippen LogP contribution in [0, 0.1) is 0 Å². The molecular formula is C17H26N2O3. The fourth-order valence-corrected chi connectivity index (χ4v) is 2.58. The summed E-state index contributed by atoms with van der Waals surface area (Å²) in [6.45, 7) is 5.01. The Labute approximate surface area is 132 Å². The van der Waals surface area contributed by atoms with Crippen LogP contribution in [0.25, 0.3) is 0 Å². The molecular weight excluding hydrogens is 280 g/mol. The molecule has 0 aromatic heterocycles. The summed E-state index contributed by atoms with van der Waals surface area (Å²) < 4.78 is 5.62. The zero-order chi connectivity index (χ0) is 15.9. The van der Waals surface area contributed by atoms with Crippen LogP contribution in [0.15, 0.2) is 24.3 Å². The van der Waals surface area contributed by atoms with E-state index in [2.05, 4.69) is 10.6 Å². The molecule has 0 bridgehead atoms. The first-order chi connectivity index (χ1) is 10.6. The number of ether oxygens (including phenoxy) is 1. The van der Waals surface area contributed by atoms with E-state index in [1.165, 1.54) is 0 Å². The Morgan fingerprint density at radius 2 is 2.27 bits per heavy atom. The third-order valence-electron chi connectivity index (χ3n) is 3.71. The lowest BCUT2D eigenvalue weighted by atomic mass is 10.0. The van der Waals surface area contributed by atoms with Gasteiger partial charge in [-0.2, -0.15) is 0 Å². The molecule has 1 aliphatic heterocycles. The number of piperidine rings is 1. The van der Waals surface area contributed by atoms with Gasteiger partial charge in [-0.1, -0.05) is 18.6 Å². The summed E-state index contributed by atoms with van der Waals surface area (Å²) in [6, 6.07) is 7.23. The average Bonchev–Trinajstić information content (AvgIpc) is 2.52. The molecule has 1 aliphatic rings. The number of hydrogen-bond donors (Lipinski definition) is 3. The third kappa shape index (κ3) is 5.00. The SMILES string of the molecule is CC(C)Oc1cccc(C(O)CNC(=O)[C@H]2CCCCN2)c1. The van der Waals surface area contributed by atoms with Gasteiger partial charge in [0.15, 0.2) is 0 Å². The van der Waals surface area contributed by atoms with Crippen molar-refractivity contribution in [2.24, 2.45) is 0 Å². The lowest BCUT2D eigenvalue weighted by Gasteiger charge is -2.23. The molecule has 3 N–H and O–H groups in total. The maximum absolute atomic E-state index is 12.0. The van der Waals surface area contributed by atoms with Gasteiger partial charge in [-0.25, -0.2) is 0 Å². The Balaban J connectivity index is 1.86. The van der Waals surface area contributed by atoms with Gasteiger partial charge in [-0.15, -0.1) is 0 Å². The molecule has 0 saturated carbocycles. The van der Waals surface area contributed by atoms with E-state index >= 15 is 0 Å². The Morgan fingerprint density at radius 3 is 2.95 bits per heavy atom. The van der Waals surface area contributed by atoms with Gasteiger partial charge in [-0.3, -0.25) is 4.79 Å². The van der Waals surface area contributed by atoms with E-state index in [0.717, 1.165) is 37.1 Å². The molecule has 1 heterocycles. The Bertz CT molecular complexity index is 485. The number of benzene rings is 1. The van der Waals surface area contributed by atoms with Crippen molar-refractivity contribution in [1.82, 2.24) is 10.6 Å². The van der Waals surface area contributed by atoms with Crippen molar-refractivity contribution in [1.29, 1.82) is 0 Å². The van der Waals surface area contributed by atoms with Crippen LogP contribution in [-0.2, 0) is 4.79 Å². The van der Waals surface area contributed by atoms with Gasteiger partial charge in [0.2, 0.25) is 5.91 Å². The van der Waals surface area contributed by atoms with Crippen LogP contribution >= 0.6 is 0 Å². The predicted molar refractivity (Wildman–Crippen MR) is 85.8 cm³/mol. The second-order valence-electron chi connectivity index (χ2n) is 6.00. The van der Waals surface area contributed by atoms with Gasteiger partial charge in [0.05, 0.1) is 18.2 Å². The summed E-state index contributed by atoms with van der Waals surface area (Å²) in [5.41, 5.74) is 0.745. The zero-order valence-corrected chi connectivity index (χ0v) is 13.3. The normalized spacial score (nSPS) is 19.7. The zero-order valence-electron chi connectivity index (χ0n) is 13.3. The van der Waals surface area contributed by atoms with Crippen molar-refractivity contribution in [3.8, 4) is 5.75 Å². The molecule has 1 unspecified atom stereocenters. The molecule has 1 amide bonds.